The van der Waals surface area contributed by atoms with Crippen LogP contribution < -0.4 is 11.1 Å². The molecule has 0 aromatic carbocycles. The van der Waals surface area contributed by atoms with Gasteiger partial charge in [-0.05, 0) is 0 Å². The van der Waals surface area contributed by atoms with Gasteiger partial charge in [0.25, 0.3) is 0 Å². The van der Waals surface area contributed by atoms with Crippen molar-refractivity contribution < 1.29 is 0 Å². The molecule has 0 rings (SSSR count). The minimum atomic E-state index is 0.695. The monoisotopic (exact) mass is 106 g/mol. The molecule has 0 bridgehead atoms. The van der Waals surface area contributed by atoms with E-state index in [0.29, 0.717) is 6.54 Å². The van der Waals surface area contributed by atoms with Crippen molar-refractivity contribution in [3.05, 3.63) is 0 Å². The van der Waals surface area contributed by atoms with Gasteiger partial charge in [0.2, 0.25) is 0 Å². The second-order valence-corrected chi connectivity index (χ2v) is 1.26. The minimum Gasteiger partial charge on any atom is -0.329 e. The summed E-state index contributed by atoms with van der Waals surface area (Å²) in [6, 6.07) is 0. The first-order valence-electron chi connectivity index (χ1n) is 1.93. The van der Waals surface area contributed by atoms with Crippen LogP contribution in [0.3, 0.4) is 0 Å². The van der Waals surface area contributed by atoms with Crippen molar-refractivity contribution in [3.63, 3.8) is 0 Å². The average Bonchev–Trinajstić information content (AvgIpc) is 1.61. The zero-order valence-corrected chi connectivity index (χ0v) is 4.54. The summed E-state index contributed by atoms with van der Waals surface area (Å²) in [4.78, 5) is 0. The number of hydrogen-bond acceptors (Lipinski definition) is 3. The number of nitrogens with one attached hydrogen (secondary N) is 1. The normalized spacial score (nSPS) is 9.00. The first kappa shape index (κ1) is 6.27. The molecule has 0 radical (unpaired) electrons. The fourth-order valence-corrected chi connectivity index (χ4v) is 0.339. The molecule has 0 aliphatic rings. The number of hydrogen-bond donors (Lipinski definition) is 3. The fourth-order valence-electron chi connectivity index (χ4n) is 0.181. The van der Waals surface area contributed by atoms with Crippen LogP contribution in [0.4, 0.5) is 0 Å². The number of thiol groups is 1. The van der Waals surface area contributed by atoms with Gasteiger partial charge in [-0.25, -0.2) is 0 Å². The van der Waals surface area contributed by atoms with Crippen LogP contribution in [-0.4, -0.2) is 19.0 Å². The van der Waals surface area contributed by atoms with Crippen molar-refractivity contribution in [2.75, 3.05) is 19.0 Å². The Bertz CT molecular complexity index is 20.8. The van der Waals surface area contributed by atoms with Crippen LogP contribution in [0.25, 0.3) is 0 Å². The Morgan fingerprint density at radius 2 is 2.33 bits per heavy atom. The van der Waals surface area contributed by atoms with Gasteiger partial charge in [0, 0.05) is 19.0 Å². The van der Waals surface area contributed by atoms with Crippen molar-refractivity contribution >= 4 is 12.6 Å². The highest BCUT2D eigenvalue weighted by Crippen LogP contribution is 1.59. The van der Waals surface area contributed by atoms with Gasteiger partial charge in [-0.15, -0.1) is 0 Å². The first-order chi connectivity index (χ1) is 2.91. The van der Waals surface area contributed by atoms with Gasteiger partial charge in [0.05, 0.1) is 0 Å². The van der Waals surface area contributed by atoms with E-state index in [1.165, 1.54) is 0 Å². The molecule has 0 saturated carbocycles. The molecule has 0 aromatic rings. The fraction of sp³-hybridized carbons (Fsp3) is 1.00. The van der Waals surface area contributed by atoms with Gasteiger partial charge in [-0.3, -0.25) is 0 Å². The third-order valence-electron chi connectivity index (χ3n) is 0.433. The standard InChI is InChI=1S/C3H10N2S/c4-1-2-5-3-6/h5-6H,1-4H2. The molecule has 38 valence electrons. The second-order valence-electron chi connectivity index (χ2n) is 0.947. The number of nitrogens with two attached hydrogens (primary N) is 1. The highest BCUT2D eigenvalue weighted by Gasteiger charge is 1.71. The molecular weight excluding hydrogens is 96.1 g/mol. The van der Waals surface area contributed by atoms with Crippen LogP contribution in [0, 0.1) is 0 Å². The Morgan fingerprint density at radius 1 is 1.67 bits per heavy atom. The lowest BCUT2D eigenvalue weighted by atomic mass is 10.7. The van der Waals surface area contributed by atoms with E-state index in [1.807, 2.05) is 0 Å². The molecule has 6 heavy (non-hydrogen) atoms. The molecule has 0 aliphatic carbocycles. The summed E-state index contributed by atoms with van der Waals surface area (Å²) in [5.74, 6) is 0.719. The summed E-state index contributed by atoms with van der Waals surface area (Å²) in [7, 11) is 0. The van der Waals surface area contributed by atoms with Gasteiger partial charge < -0.3 is 11.1 Å². The molecule has 3 N–H and O–H groups in total. The van der Waals surface area contributed by atoms with Crippen molar-refractivity contribution in [1.82, 2.24) is 5.32 Å². The molecule has 0 aromatic heterocycles. The maximum atomic E-state index is 5.12. The maximum Gasteiger partial charge on any atom is 0.0387 e. The lowest BCUT2D eigenvalue weighted by molar-refractivity contribution is 0.786. The summed E-state index contributed by atoms with van der Waals surface area (Å²) in [5, 5.41) is 2.94. The summed E-state index contributed by atoms with van der Waals surface area (Å²) >= 11 is 3.89. The molecule has 0 fully saturated rings. The van der Waals surface area contributed by atoms with Crippen LogP contribution >= 0.6 is 12.6 Å². The molecule has 0 saturated heterocycles. The Balaban J connectivity index is 2.34. The SMILES string of the molecule is NCCNCS. The lowest BCUT2D eigenvalue weighted by Gasteiger charge is -1.91. The molecule has 0 heterocycles. The van der Waals surface area contributed by atoms with E-state index in [9.17, 15) is 0 Å². The van der Waals surface area contributed by atoms with Crippen molar-refractivity contribution in [2.24, 2.45) is 5.73 Å². The molecule has 0 unspecified atom stereocenters. The second kappa shape index (κ2) is 5.27. The summed E-state index contributed by atoms with van der Waals surface area (Å²) in [6.45, 7) is 1.56. The predicted molar refractivity (Wildman–Crippen MR) is 30.9 cm³/mol. The molecule has 0 amide bonds. The van der Waals surface area contributed by atoms with E-state index in [-0.39, 0.29) is 0 Å². The first-order valence-corrected chi connectivity index (χ1v) is 2.56. The van der Waals surface area contributed by atoms with Gasteiger partial charge in [0.1, 0.15) is 0 Å². The molecule has 0 aliphatic heterocycles. The van der Waals surface area contributed by atoms with Crippen LogP contribution in [0.5, 0.6) is 0 Å². The predicted octanol–water partition coefficient (Wildman–Crippen LogP) is -0.578. The van der Waals surface area contributed by atoms with E-state index in [4.69, 9.17) is 5.73 Å². The summed E-state index contributed by atoms with van der Waals surface area (Å²) < 4.78 is 0. The Kier molecular flexibility index (Phi) is 5.51. The highest BCUT2D eigenvalue weighted by atomic mass is 32.1. The molecular formula is C3H10N2S. The Morgan fingerprint density at radius 3 is 2.50 bits per heavy atom. The van der Waals surface area contributed by atoms with Gasteiger partial charge >= 0.3 is 0 Å². The van der Waals surface area contributed by atoms with Gasteiger partial charge in [0.15, 0.2) is 0 Å². The smallest absolute Gasteiger partial charge is 0.0387 e. The van der Waals surface area contributed by atoms with Crippen LogP contribution in [0.2, 0.25) is 0 Å². The Hall–Kier alpha value is 0.270. The van der Waals surface area contributed by atoms with Crippen molar-refractivity contribution in [2.45, 2.75) is 0 Å². The van der Waals surface area contributed by atoms with Crippen molar-refractivity contribution in [3.8, 4) is 0 Å². The third-order valence-corrected chi connectivity index (χ3v) is 0.657. The zero-order valence-electron chi connectivity index (χ0n) is 3.65. The number of rotatable bonds is 3. The third kappa shape index (κ3) is 4.27. The van der Waals surface area contributed by atoms with E-state index in [2.05, 4.69) is 17.9 Å². The maximum absolute atomic E-state index is 5.12. The zero-order chi connectivity index (χ0) is 4.83. The summed E-state index contributed by atoms with van der Waals surface area (Å²) in [6.07, 6.45) is 0. The van der Waals surface area contributed by atoms with E-state index in [1.54, 1.807) is 0 Å². The highest BCUT2D eigenvalue weighted by molar-refractivity contribution is 7.80. The molecule has 2 nitrogen and oxygen atoms in total. The average molecular weight is 106 g/mol. The van der Waals surface area contributed by atoms with E-state index in [0.717, 1.165) is 12.4 Å². The van der Waals surface area contributed by atoms with Crippen LogP contribution in [-0.2, 0) is 0 Å². The van der Waals surface area contributed by atoms with Crippen LogP contribution in [0.1, 0.15) is 0 Å². The minimum absolute atomic E-state index is 0.695. The topological polar surface area (TPSA) is 38.0 Å². The van der Waals surface area contributed by atoms with E-state index < -0.39 is 0 Å². The lowest BCUT2D eigenvalue weighted by Crippen LogP contribution is -2.20. The Labute approximate surface area is 43.5 Å². The molecule has 0 spiro atoms. The summed E-state index contributed by atoms with van der Waals surface area (Å²) in [5.41, 5.74) is 5.12. The molecule has 3 heteroatoms. The van der Waals surface area contributed by atoms with Gasteiger partial charge in [-0.1, -0.05) is 0 Å². The van der Waals surface area contributed by atoms with Crippen LogP contribution in [0.15, 0.2) is 0 Å². The molecule has 0 atom stereocenters. The van der Waals surface area contributed by atoms with E-state index >= 15 is 0 Å². The van der Waals surface area contributed by atoms with Crippen molar-refractivity contribution in [1.29, 1.82) is 0 Å². The largest absolute Gasteiger partial charge is 0.329 e. The quantitative estimate of drug-likeness (QED) is 0.256. The van der Waals surface area contributed by atoms with Gasteiger partial charge in [-0.2, -0.15) is 12.6 Å².